The average molecular weight is 587 g/mol. The number of nitrogens with zero attached hydrogens (tertiary/aromatic N) is 4. The minimum absolute atomic E-state index is 0.0907. The van der Waals surface area contributed by atoms with E-state index in [1.807, 2.05) is 18.2 Å². The largest absolute Gasteiger partial charge is 0.416 e. The Morgan fingerprint density at radius 2 is 1.95 bits per heavy atom. The number of allylic oxidation sites excluding steroid dienone is 4. The second kappa shape index (κ2) is 13.4. The molecular weight excluding hydrogens is 550 g/mol. The molecule has 0 unspecified atom stereocenters. The van der Waals surface area contributed by atoms with Crippen LogP contribution in [0.4, 0.5) is 24.2 Å². The van der Waals surface area contributed by atoms with Gasteiger partial charge in [-0.15, -0.1) is 5.10 Å². The number of anilines is 1. The zero-order valence-corrected chi connectivity index (χ0v) is 23.8. The van der Waals surface area contributed by atoms with Gasteiger partial charge in [0, 0.05) is 45.8 Å². The van der Waals surface area contributed by atoms with E-state index < -0.39 is 29.8 Å². The van der Waals surface area contributed by atoms with E-state index in [9.17, 15) is 18.4 Å². The summed E-state index contributed by atoms with van der Waals surface area (Å²) in [5, 5.41) is 10.5. The molecule has 226 valence electrons. The summed E-state index contributed by atoms with van der Waals surface area (Å²) in [6.07, 6.45) is 7.05. The number of benzene rings is 1. The lowest BCUT2D eigenvalue weighted by molar-refractivity contribution is 0.0411. The van der Waals surface area contributed by atoms with Crippen LogP contribution in [0.2, 0.25) is 0 Å². The Morgan fingerprint density at radius 1 is 1.14 bits per heavy atom. The zero-order valence-electron chi connectivity index (χ0n) is 23.8. The van der Waals surface area contributed by atoms with Crippen LogP contribution in [-0.2, 0) is 9.47 Å². The van der Waals surface area contributed by atoms with Gasteiger partial charge in [0.25, 0.3) is 0 Å². The van der Waals surface area contributed by atoms with Crippen molar-refractivity contribution in [3.8, 4) is 5.88 Å². The molecule has 5 rings (SSSR count). The van der Waals surface area contributed by atoms with Crippen LogP contribution in [0.1, 0.15) is 29.9 Å². The first-order valence-electron chi connectivity index (χ1n) is 14.1. The molecule has 0 saturated carbocycles. The van der Waals surface area contributed by atoms with Crippen molar-refractivity contribution in [3.05, 3.63) is 59.2 Å². The summed E-state index contributed by atoms with van der Waals surface area (Å²) in [4.78, 5) is 29.9. The van der Waals surface area contributed by atoms with Crippen LogP contribution in [0.15, 0.2) is 36.4 Å². The lowest BCUT2D eigenvalue weighted by atomic mass is 9.94. The first kappa shape index (κ1) is 29.7. The van der Waals surface area contributed by atoms with Crippen molar-refractivity contribution >= 4 is 23.6 Å². The van der Waals surface area contributed by atoms with Gasteiger partial charge in [0.15, 0.2) is 11.6 Å². The van der Waals surface area contributed by atoms with Crippen molar-refractivity contribution in [2.75, 3.05) is 65.0 Å². The predicted molar refractivity (Wildman–Crippen MR) is 151 cm³/mol. The van der Waals surface area contributed by atoms with Crippen LogP contribution in [0.25, 0.3) is 5.70 Å². The minimum atomic E-state index is -0.932. The summed E-state index contributed by atoms with van der Waals surface area (Å²) >= 11 is 0. The molecule has 2 fully saturated rings. The Labute approximate surface area is 243 Å². The molecule has 1 aliphatic carbocycles. The number of hydrogen-bond donors (Lipinski definition) is 2. The van der Waals surface area contributed by atoms with E-state index in [1.54, 1.807) is 29.7 Å². The number of morpholine rings is 1. The number of aromatic nitrogens is 2. The number of halogens is 2. The number of rotatable bonds is 8. The number of nitrogens with one attached hydrogen (secondary N) is 2. The molecule has 11 nitrogen and oxygen atoms in total. The van der Waals surface area contributed by atoms with Gasteiger partial charge in [-0.1, -0.05) is 18.2 Å². The molecule has 0 bridgehead atoms. The van der Waals surface area contributed by atoms with Gasteiger partial charge in [0.1, 0.15) is 5.82 Å². The number of urea groups is 1. The molecule has 1 aromatic carbocycles. The predicted octanol–water partition coefficient (Wildman–Crippen LogP) is 3.73. The molecule has 3 heterocycles. The number of carbonyl (C=O) groups excluding carboxylic acids is 2. The molecule has 3 aliphatic rings. The maximum atomic E-state index is 14.1. The van der Waals surface area contributed by atoms with Crippen LogP contribution in [-0.4, -0.2) is 97.4 Å². The van der Waals surface area contributed by atoms with E-state index in [-0.39, 0.29) is 11.8 Å². The number of ether oxygens (including phenoxy) is 3. The second-order valence-corrected chi connectivity index (χ2v) is 10.5. The van der Waals surface area contributed by atoms with E-state index in [2.05, 4.69) is 20.6 Å². The van der Waals surface area contributed by atoms with Crippen LogP contribution in [0.5, 0.6) is 5.88 Å². The monoisotopic (exact) mass is 586 g/mol. The van der Waals surface area contributed by atoms with Crippen molar-refractivity contribution in [3.63, 3.8) is 0 Å². The van der Waals surface area contributed by atoms with Crippen LogP contribution < -0.4 is 15.4 Å². The van der Waals surface area contributed by atoms with Crippen molar-refractivity contribution in [2.24, 2.45) is 0 Å². The van der Waals surface area contributed by atoms with Gasteiger partial charge in [-0.05, 0) is 43.5 Å². The highest BCUT2D eigenvalue weighted by atomic mass is 19.2. The fourth-order valence-corrected chi connectivity index (χ4v) is 5.38. The Hall–Kier alpha value is -3.81. The number of carbonyl (C=O) groups is 2. The molecule has 1 aromatic heterocycles. The van der Waals surface area contributed by atoms with Gasteiger partial charge in [-0.3, -0.25) is 10.2 Å². The van der Waals surface area contributed by atoms with E-state index in [0.717, 1.165) is 24.6 Å². The molecule has 2 N–H and O–H groups in total. The van der Waals surface area contributed by atoms with Crippen LogP contribution >= 0.6 is 0 Å². The molecule has 13 heteroatoms. The Balaban J connectivity index is 1.36. The SMILES string of the molecule is COCCN1C[C@@H](NC(=O)Nc2c(C)c(OC(=O)N3CCOCC3)nn2C2=CCCC=C2)[C@H](c2ccc(F)c(F)c2)C1. The normalized spacial score (nSPS) is 20.9. The van der Waals surface area contributed by atoms with Gasteiger partial charge in [0.2, 0.25) is 5.88 Å². The van der Waals surface area contributed by atoms with E-state index in [0.29, 0.717) is 69.5 Å². The second-order valence-electron chi connectivity index (χ2n) is 10.5. The maximum absolute atomic E-state index is 14.1. The van der Waals surface area contributed by atoms with E-state index in [4.69, 9.17) is 14.2 Å². The van der Waals surface area contributed by atoms with Crippen molar-refractivity contribution in [1.29, 1.82) is 0 Å². The molecule has 2 aromatic rings. The first-order valence-corrected chi connectivity index (χ1v) is 14.1. The zero-order chi connectivity index (χ0) is 29.6. The molecule has 0 radical (unpaired) electrons. The average Bonchev–Trinajstić information content (AvgIpc) is 3.54. The van der Waals surface area contributed by atoms with Gasteiger partial charge < -0.3 is 24.4 Å². The highest BCUT2D eigenvalue weighted by molar-refractivity contribution is 5.91. The summed E-state index contributed by atoms with van der Waals surface area (Å²) in [5.74, 6) is -1.68. The third-order valence-electron chi connectivity index (χ3n) is 7.68. The number of likely N-dealkylation sites (tertiary alicyclic amines) is 1. The summed E-state index contributed by atoms with van der Waals surface area (Å²) in [5.41, 5.74) is 1.81. The van der Waals surface area contributed by atoms with Crippen LogP contribution in [0, 0.1) is 18.6 Å². The molecule has 2 atom stereocenters. The number of amides is 3. The summed E-state index contributed by atoms with van der Waals surface area (Å²) < 4.78 is 45.5. The highest BCUT2D eigenvalue weighted by Gasteiger charge is 2.35. The molecule has 42 heavy (non-hydrogen) atoms. The standard InChI is InChI=1S/C29H36F2N6O5/c1-19-26(37(21-6-4-3-5-7-21)34-27(19)42-29(39)36-11-14-41-15-12-36)33-28(38)32-25-18-35(10-13-40-2)17-22(25)20-8-9-23(30)24(31)16-20/h4,6-9,16,22,25H,3,5,10-15,17-18H2,1-2H3,(H2,32,33,38)/t22-,25+/m0/s1. The maximum Gasteiger partial charge on any atom is 0.416 e. The van der Waals surface area contributed by atoms with Crippen LogP contribution in [0.3, 0.4) is 0 Å². The Bertz CT molecular complexity index is 1360. The first-order chi connectivity index (χ1) is 20.3. The highest BCUT2D eigenvalue weighted by Crippen LogP contribution is 2.32. The van der Waals surface area contributed by atoms with E-state index >= 15 is 0 Å². The fraction of sp³-hybridized carbons (Fsp3) is 0.483. The molecule has 0 spiro atoms. The molecule has 2 aliphatic heterocycles. The third-order valence-corrected chi connectivity index (χ3v) is 7.68. The molecule has 3 amide bonds. The summed E-state index contributed by atoms with van der Waals surface area (Å²) in [6, 6.07) is 2.94. The summed E-state index contributed by atoms with van der Waals surface area (Å²) in [6.45, 7) is 5.58. The third kappa shape index (κ3) is 6.80. The smallest absolute Gasteiger partial charge is 0.389 e. The summed E-state index contributed by atoms with van der Waals surface area (Å²) in [7, 11) is 1.61. The Morgan fingerprint density at radius 3 is 2.67 bits per heavy atom. The lowest BCUT2D eigenvalue weighted by Gasteiger charge is -2.25. The molecule has 2 saturated heterocycles. The minimum Gasteiger partial charge on any atom is -0.389 e. The van der Waals surface area contributed by atoms with Gasteiger partial charge in [-0.25, -0.2) is 23.1 Å². The molecular formula is C29H36F2N6O5. The lowest BCUT2D eigenvalue weighted by Crippen LogP contribution is -2.42. The van der Waals surface area contributed by atoms with E-state index in [1.165, 1.54) is 6.07 Å². The number of hydrogen-bond acceptors (Lipinski definition) is 7. The van der Waals surface area contributed by atoms with Gasteiger partial charge in [0.05, 0.1) is 37.1 Å². The van der Waals surface area contributed by atoms with Crippen molar-refractivity contribution < 1.29 is 32.6 Å². The quantitative estimate of drug-likeness (QED) is 0.485. The topological polar surface area (TPSA) is 110 Å². The number of methoxy groups -OCH3 is 1. The van der Waals surface area contributed by atoms with Gasteiger partial charge in [-0.2, -0.15) is 0 Å². The van der Waals surface area contributed by atoms with Crippen molar-refractivity contribution in [1.82, 2.24) is 24.9 Å². The fourth-order valence-electron chi connectivity index (χ4n) is 5.38. The van der Waals surface area contributed by atoms with Gasteiger partial charge >= 0.3 is 12.1 Å². The van der Waals surface area contributed by atoms with Crippen molar-refractivity contribution in [2.45, 2.75) is 31.7 Å². The Kier molecular flexibility index (Phi) is 9.50.